The molecule has 0 aliphatic carbocycles. The second-order valence-electron chi connectivity index (χ2n) is 6.50. The number of hydrogen-bond donors (Lipinski definition) is 0. The molecular weight excluding hydrogens is 282 g/mol. The third kappa shape index (κ3) is 3.85. The highest BCUT2D eigenvalue weighted by atomic mass is 16.6. The summed E-state index contributed by atoms with van der Waals surface area (Å²) in [5.41, 5.74) is 2.52. The molecule has 120 valence electrons. The van der Waals surface area contributed by atoms with Gasteiger partial charge in [-0.2, -0.15) is 0 Å². The zero-order valence-corrected chi connectivity index (χ0v) is 13.6. The number of amides is 1. The van der Waals surface area contributed by atoms with Crippen molar-refractivity contribution in [2.75, 3.05) is 13.7 Å². The van der Waals surface area contributed by atoms with E-state index in [1.54, 1.807) is 27.8 Å². The maximum absolute atomic E-state index is 12.1. The highest BCUT2D eigenvalue weighted by molar-refractivity contribution is 5.74. The number of carbonyl (C=O) groups is 2. The average Bonchev–Trinajstić information content (AvgIpc) is 2.46. The fourth-order valence-corrected chi connectivity index (χ4v) is 2.41. The molecule has 0 saturated carbocycles. The van der Waals surface area contributed by atoms with Crippen molar-refractivity contribution in [3.05, 3.63) is 34.9 Å². The first-order valence-electron chi connectivity index (χ1n) is 7.42. The average molecular weight is 305 g/mol. The Morgan fingerprint density at radius 3 is 2.73 bits per heavy atom. The molecule has 2 rings (SSSR count). The molecular formula is C17H23NO4. The van der Waals surface area contributed by atoms with Gasteiger partial charge >= 0.3 is 6.09 Å². The van der Waals surface area contributed by atoms with Crippen LogP contribution < -0.4 is 0 Å². The molecule has 1 unspecified atom stereocenters. The summed E-state index contributed by atoms with van der Waals surface area (Å²) in [7, 11) is 1.58. The molecule has 0 spiro atoms. The van der Waals surface area contributed by atoms with Crippen LogP contribution in [0.25, 0.3) is 0 Å². The maximum Gasteiger partial charge on any atom is 0.410 e. The summed E-state index contributed by atoms with van der Waals surface area (Å²) in [6.45, 7) is 6.68. The molecule has 0 bridgehead atoms. The van der Waals surface area contributed by atoms with Gasteiger partial charge in [-0.3, -0.25) is 4.90 Å². The molecule has 1 aromatic carbocycles. The summed E-state index contributed by atoms with van der Waals surface area (Å²) in [6, 6.07) is 5.16. The number of rotatable bonds is 3. The van der Waals surface area contributed by atoms with Crippen molar-refractivity contribution in [1.82, 2.24) is 4.90 Å². The van der Waals surface area contributed by atoms with E-state index in [1.165, 1.54) is 10.5 Å². The molecule has 0 saturated heterocycles. The number of fused-ring (bicyclic) bond motifs is 1. The van der Waals surface area contributed by atoms with Crippen molar-refractivity contribution in [2.45, 2.75) is 45.4 Å². The number of carbonyl (C=O) groups excluding carboxylic acids is 2. The second kappa shape index (κ2) is 6.48. The number of likely N-dealkylation sites (N-methyl/N-ethyl adjacent to an activating group) is 1. The predicted molar refractivity (Wildman–Crippen MR) is 82.6 cm³/mol. The summed E-state index contributed by atoms with van der Waals surface area (Å²) in [6.07, 6.45) is 1.08. The second-order valence-corrected chi connectivity index (χ2v) is 6.50. The minimum atomic E-state index is -0.650. The van der Waals surface area contributed by atoms with Crippen molar-refractivity contribution in [3.8, 4) is 0 Å². The van der Waals surface area contributed by atoms with E-state index in [0.717, 1.165) is 23.8 Å². The summed E-state index contributed by atoms with van der Waals surface area (Å²) < 4.78 is 10.7. The Labute approximate surface area is 131 Å². The normalized spacial score (nSPS) is 15.6. The first-order valence-corrected chi connectivity index (χ1v) is 7.42. The number of aldehydes is 1. The van der Waals surface area contributed by atoms with Gasteiger partial charge in [-0.1, -0.05) is 18.2 Å². The molecule has 1 aliphatic rings. The lowest BCUT2D eigenvalue weighted by Gasteiger charge is -2.29. The van der Waals surface area contributed by atoms with E-state index in [4.69, 9.17) is 9.47 Å². The Bertz CT molecular complexity index is 562. The zero-order chi connectivity index (χ0) is 16.3. The smallest absolute Gasteiger partial charge is 0.410 e. The van der Waals surface area contributed by atoms with Gasteiger partial charge in [0.1, 0.15) is 17.9 Å². The molecule has 0 aromatic heterocycles. The molecule has 1 heterocycles. The quantitative estimate of drug-likeness (QED) is 0.806. The van der Waals surface area contributed by atoms with Gasteiger partial charge < -0.3 is 14.3 Å². The lowest BCUT2D eigenvalue weighted by Crippen LogP contribution is -2.37. The number of nitrogens with zero attached hydrogens (tertiary/aromatic N) is 1. The van der Waals surface area contributed by atoms with Crippen LogP contribution in [-0.4, -0.2) is 36.5 Å². The third-order valence-corrected chi connectivity index (χ3v) is 3.57. The van der Waals surface area contributed by atoms with Crippen LogP contribution in [0.3, 0.4) is 0 Å². The molecule has 5 nitrogen and oxygen atoms in total. The van der Waals surface area contributed by atoms with Gasteiger partial charge in [0.2, 0.25) is 0 Å². The Balaban J connectivity index is 2.20. The molecule has 0 fully saturated rings. The summed E-state index contributed by atoms with van der Waals surface area (Å²) >= 11 is 0. The topological polar surface area (TPSA) is 55.8 Å². The highest BCUT2D eigenvalue weighted by Gasteiger charge is 2.26. The van der Waals surface area contributed by atoms with E-state index in [2.05, 4.69) is 0 Å². The van der Waals surface area contributed by atoms with Crippen LogP contribution in [0, 0.1) is 0 Å². The molecule has 0 N–H and O–H groups in total. The Kier molecular flexibility index (Phi) is 4.86. The number of hydrogen-bond acceptors (Lipinski definition) is 4. The van der Waals surface area contributed by atoms with Crippen molar-refractivity contribution in [1.29, 1.82) is 0 Å². The van der Waals surface area contributed by atoms with E-state index in [0.29, 0.717) is 13.2 Å². The molecule has 1 atom stereocenters. The van der Waals surface area contributed by atoms with Gasteiger partial charge in [-0.25, -0.2) is 4.79 Å². The summed E-state index contributed by atoms with van der Waals surface area (Å²) in [5, 5.41) is 0. The Hall–Kier alpha value is -1.88. The van der Waals surface area contributed by atoms with Crippen LogP contribution in [0.4, 0.5) is 4.79 Å². The first-order chi connectivity index (χ1) is 10.3. The van der Waals surface area contributed by atoms with Crippen molar-refractivity contribution < 1.29 is 19.1 Å². The molecule has 5 heteroatoms. The van der Waals surface area contributed by atoms with E-state index >= 15 is 0 Å². The first kappa shape index (κ1) is 16.5. The van der Waals surface area contributed by atoms with Gasteiger partial charge in [0.05, 0.1) is 13.2 Å². The monoisotopic (exact) mass is 305 g/mol. The third-order valence-electron chi connectivity index (χ3n) is 3.57. The Morgan fingerprint density at radius 1 is 1.36 bits per heavy atom. The maximum atomic E-state index is 12.1. The van der Waals surface area contributed by atoms with E-state index < -0.39 is 17.7 Å². The molecule has 1 aliphatic heterocycles. The van der Waals surface area contributed by atoms with Crippen LogP contribution >= 0.6 is 0 Å². The number of benzene rings is 1. The van der Waals surface area contributed by atoms with Crippen LogP contribution in [0.15, 0.2) is 18.2 Å². The predicted octanol–water partition coefficient (Wildman–Crippen LogP) is 2.87. The van der Waals surface area contributed by atoms with Gasteiger partial charge in [0.15, 0.2) is 0 Å². The van der Waals surface area contributed by atoms with Gasteiger partial charge in [-0.05, 0) is 43.9 Å². The Morgan fingerprint density at radius 2 is 2.09 bits per heavy atom. The minimum Gasteiger partial charge on any atom is -0.444 e. The zero-order valence-electron chi connectivity index (χ0n) is 13.6. The van der Waals surface area contributed by atoms with Gasteiger partial charge in [-0.15, -0.1) is 0 Å². The molecule has 1 aromatic rings. The largest absolute Gasteiger partial charge is 0.444 e. The molecule has 0 radical (unpaired) electrons. The van der Waals surface area contributed by atoms with Crippen LogP contribution in [-0.2, 0) is 27.3 Å². The lowest BCUT2D eigenvalue weighted by atomic mass is 9.97. The summed E-state index contributed by atoms with van der Waals surface area (Å²) in [4.78, 5) is 25.0. The van der Waals surface area contributed by atoms with E-state index in [9.17, 15) is 9.59 Å². The standard InChI is InChI=1S/C17H23NO4/c1-17(2,3)22-16(20)18(4)15(10-19)13-5-6-14-11-21-8-7-12(14)9-13/h5-6,9-10,15H,7-8,11H2,1-4H3. The lowest BCUT2D eigenvalue weighted by molar-refractivity contribution is -0.112. The van der Waals surface area contributed by atoms with Crippen molar-refractivity contribution in [2.24, 2.45) is 0 Å². The molecule has 1 amide bonds. The van der Waals surface area contributed by atoms with E-state index in [-0.39, 0.29) is 0 Å². The number of ether oxygens (including phenoxy) is 2. The highest BCUT2D eigenvalue weighted by Crippen LogP contribution is 2.25. The summed E-state index contributed by atoms with van der Waals surface area (Å²) in [5.74, 6) is 0. The van der Waals surface area contributed by atoms with Crippen LogP contribution in [0.2, 0.25) is 0 Å². The SMILES string of the molecule is CN(C(=O)OC(C)(C)C)C(C=O)c1ccc2c(c1)CCOC2. The van der Waals surface area contributed by atoms with Crippen LogP contribution in [0.1, 0.15) is 43.5 Å². The molecule has 22 heavy (non-hydrogen) atoms. The van der Waals surface area contributed by atoms with Crippen molar-refractivity contribution >= 4 is 12.4 Å². The fraction of sp³-hybridized carbons (Fsp3) is 0.529. The minimum absolute atomic E-state index is 0.509. The van der Waals surface area contributed by atoms with Gasteiger partial charge in [0.25, 0.3) is 0 Å². The van der Waals surface area contributed by atoms with Crippen molar-refractivity contribution in [3.63, 3.8) is 0 Å². The fourth-order valence-electron chi connectivity index (χ4n) is 2.41. The van der Waals surface area contributed by atoms with Gasteiger partial charge in [0, 0.05) is 7.05 Å². The van der Waals surface area contributed by atoms with Crippen LogP contribution in [0.5, 0.6) is 0 Å². The van der Waals surface area contributed by atoms with E-state index in [1.807, 2.05) is 18.2 Å².